The zero-order valence-corrected chi connectivity index (χ0v) is 13.0. The number of ether oxygens (including phenoxy) is 1. The van der Waals surface area contributed by atoms with Crippen LogP contribution >= 0.6 is 0 Å². The van der Waals surface area contributed by atoms with Crippen LogP contribution in [-0.4, -0.2) is 54.8 Å². The van der Waals surface area contributed by atoms with Crippen molar-refractivity contribution in [3.8, 4) is 5.75 Å². The Hall–Kier alpha value is -1.69. The van der Waals surface area contributed by atoms with E-state index in [1.807, 2.05) is 24.3 Å². The summed E-state index contributed by atoms with van der Waals surface area (Å²) in [5, 5.41) is 14.9. The molecule has 0 amide bonds. The fourth-order valence-electron chi connectivity index (χ4n) is 3.02. The molecule has 1 aromatic carbocycles. The molecule has 1 saturated heterocycles. The van der Waals surface area contributed by atoms with E-state index in [1.54, 1.807) is 13.3 Å². The number of aliphatic hydroxyl groups excluding tert-OH is 1. The van der Waals surface area contributed by atoms with Crippen LogP contribution in [0.2, 0.25) is 0 Å². The highest BCUT2D eigenvalue weighted by Gasteiger charge is 2.16. The van der Waals surface area contributed by atoms with Crippen LogP contribution in [0.4, 0.5) is 0 Å². The van der Waals surface area contributed by atoms with E-state index in [4.69, 9.17) is 4.74 Å². The lowest BCUT2D eigenvalue weighted by molar-refractivity contribution is 0.138. The molecule has 0 aliphatic carbocycles. The minimum Gasteiger partial charge on any atom is -0.494 e. The molecule has 1 aliphatic rings. The number of aliphatic hydroxyl groups is 1. The highest BCUT2D eigenvalue weighted by molar-refractivity contribution is 5.87. The van der Waals surface area contributed by atoms with E-state index < -0.39 is 6.10 Å². The Morgan fingerprint density at radius 3 is 2.91 bits per heavy atom. The largest absolute Gasteiger partial charge is 0.494 e. The molecule has 1 aromatic heterocycles. The number of pyridine rings is 1. The zero-order chi connectivity index (χ0) is 15.4. The summed E-state index contributed by atoms with van der Waals surface area (Å²) in [5.74, 6) is 0.744. The summed E-state index contributed by atoms with van der Waals surface area (Å²) in [6.45, 7) is 5.09. The fourth-order valence-corrected chi connectivity index (χ4v) is 3.02. The number of nitrogens with zero attached hydrogens (tertiary/aromatic N) is 2. The Kier molecular flexibility index (Phi) is 4.87. The number of aromatic nitrogens is 1. The molecule has 0 bridgehead atoms. The Morgan fingerprint density at radius 2 is 2.14 bits per heavy atom. The lowest BCUT2D eigenvalue weighted by Gasteiger charge is -2.28. The quantitative estimate of drug-likeness (QED) is 0.878. The number of hydrogen-bond acceptors (Lipinski definition) is 5. The van der Waals surface area contributed by atoms with Gasteiger partial charge in [0.05, 0.1) is 13.2 Å². The van der Waals surface area contributed by atoms with Crippen LogP contribution < -0.4 is 10.1 Å². The fraction of sp³-hybridized carbons (Fsp3) is 0.471. The monoisotopic (exact) mass is 301 g/mol. The first-order valence-electron chi connectivity index (χ1n) is 7.82. The molecule has 0 saturated carbocycles. The second-order valence-corrected chi connectivity index (χ2v) is 5.65. The number of benzene rings is 1. The lowest BCUT2D eigenvalue weighted by atomic mass is 10.0. The smallest absolute Gasteiger partial charge is 0.145 e. The number of piperazine rings is 1. The molecule has 0 spiro atoms. The van der Waals surface area contributed by atoms with Crippen LogP contribution in [0.3, 0.4) is 0 Å². The molecule has 5 heteroatoms. The maximum absolute atomic E-state index is 10.6. The van der Waals surface area contributed by atoms with Crippen LogP contribution in [0.15, 0.2) is 30.5 Å². The zero-order valence-electron chi connectivity index (χ0n) is 13.0. The molecular weight excluding hydrogens is 278 g/mol. The number of rotatable bonds is 5. The molecule has 2 N–H and O–H groups in total. The van der Waals surface area contributed by atoms with Gasteiger partial charge in [0, 0.05) is 44.3 Å². The van der Waals surface area contributed by atoms with Crippen molar-refractivity contribution in [1.82, 2.24) is 15.2 Å². The van der Waals surface area contributed by atoms with Gasteiger partial charge in [0.25, 0.3) is 0 Å². The first-order valence-corrected chi connectivity index (χ1v) is 7.82. The van der Waals surface area contributed by atoms with E-state index in [2.05, 4.69) is 15.2 Å². The average molecular weight is 301 g/mol. The molecule has 1 unspecified atom stereocenters. The minimum absolute atomic E-state index is 0.479. The van der Waals surface area contributed by atoms with Gasteiger partial charge in [-0.05, 0) is 24.1 Å². The third kappa shape index (κ3) is 3.21. The lowest BCUT2D eigenvalue weighted by Crippen LogP contribution is -2.44. The molecule has 5 nitrogen and oxygen atoms in total. The summed E-state index contributed by atoms with van der Waals surface area (Å²) in [6.07, 6.45) is 2.01. The van der Waals surface area contributed by atoms with Crippen molar-refractivity contribution in [2.24, 2.45) is 0 Å². The van der Waals surface area contributed by atoms with Crippen LogP contribution in [0.25, 0.3) is 10.9 Å². The second-order valence-electron chi connectivity index (χ2n) is 5.65. The highest BCUT2D eigenvalue weighted by atomic mass is 16.5. The summed E-state index contributed by atoms with van der Waals surface area (Å²) in [7, 11) is 1.64. The molecule has 2 aromatic rings. The normalized spacial score (nSPS) is 17.5. The van der Waals surface area contributed by atoms with E-state index in [0.717, 1.165) is 61.4 Å². The molecule has 1 aliphatic heterocycles. The van der Waals surface area contributed by atoms with E-state index in [9.17, 15) is 5.11 Å². The van der Waals surface area contributed by atoms with Crippen LogP contribution in [-0.2, 0) is 0 Å². The molecule has 0 radical (unpaired) electrons. The maximum Gasteiger partial charge on any atom is 0.145 e. The number of methoxy groups -OCH3 is 1. The van der Waals surface area contributed by atoms with Gasteiger partial charge in [0.2, 0.25) is 0 Å². The predicted octanol–water partition coefficient (Wildman–Crippen LogP) is 1.57. The van der Waals surface area contributed by atoms with Gasteiger partial charge in [-0.1, -0.05) is 12.1 Å². The van der Waals surface area contributed by atoms with E-state index in [0.29, 0.717) is 0 Å². The van der Waals surface area contributed by atoms with Crippen LogP contribution in [0.1, 0.15) is 18.1 Å². The van der Waals surface area contributed by atoms with Gasteiger partial charge in [-0.15, -0.1) is 0 Å². The third-order valence-electron chi connectivity index (χ3n) is 4.27. The van der Waals surface area contributed by atoms with Crippen molar-refractivity contribution in [3.05, 3.63) is 36.0 Å². The third-order valence-corrected chi connectivity index (χ3v) is 4.27. The molecule has 118 valence electrons. The van der Waals surface area contributed by atoms with E-state index in [-0.39, 0.29) is 0 Å². The first kappa shape index (κ1) is 15.2. The van der Waals surface area contributed by atoms with Gasteiger partial charge >= 0.3 is 0 Å². The van der Waals surface area contributed by atoms with Crippen LogP contribution in [0, 0.1) is 0 Å². The summed E-state index contributed by atoms with van der Waals surface area (Å²) >= 11 is 0. The summed E-state index contributed by atoms with van der Waals surface area (Å²) in [6, 6.07) is 7.73. The summed E-state index contributed by atoms with van der Waals surface area (Å²) in [4.78, 5) is 6.78. The Morgan fingerprint density at radius 1 is 1.32 bits per heavy atom. The van der Waals surface area contributed by atoms with Gasteiger partial charge in [-0.25, -0.2) is 0 Å². The summed E-state index contributed by atoms with van der Waals surface area (Å²) in [5.41, 5.74) is 1.74. The SMILES string of the molecule is COc1ccc(C(O)CCN2CCNCC2)c2cccnc12. The Bertz CT molecular complexity index is 626. The number of nitrogens with one attached hydrogen (secondary N) is 1. The Balaban J connectivity index is 1.77. The standard InChI is InChI=1S/C17H23N3O2/c1-22-16-5-4-13(14-3-2-7-19-17(14)16)15(21)6-10-20-11-8-18-9-12-20/h2-5,7,15,18,21H,6,8-12H2,1H3. The Labute approximate surface area is 130 Å². The van der Waals surface area contributed by atoms with Crippen molar-refractivity contribution in [1.29, 1.82) is 0 Å². The minimum atomic E-state index is -0.479. The van der Waals surface area contributed by atoms with Crippen molar-refractivity contribution in [3.63, 3.8) is 0 Å². The second kappa shape index (κ2) is 7.05. The molecule has 3 rings (SSSR count). The molecule has 2 heterocycles. The highest BCUT2D eigenvalue weighted by Crippen LogP contribution is 2.31. The summed E-state index contributed by atoms with van der Waals surface area (Å²) < 4.78 is 5.36. The van der Waals surface area contributed by atoms with Gasteiger partial charge in [0.1, 0.15) is 11.3 Å². The maximum atomic E-state index is 10.6. The average Bonchev–Trinajstić information content (AvgIpc) is 2.59. The van der Waals surface area contributed by atoms with Crippen molar-refractivity contribution in [2.45, 2.75) is 12.5 Å². The predicted molar refractivity (Wildman–Crippen MR) is 87.2 cm³/mol. The van der Waals surface area contributed by atoms with Crippen molar-refractivity contribution in [2.75, 3.05) is 39.8 Å². The molecule has 1 atom stereocenters. The van der Waals surface area contributed by atoms with Gasteiger partial charge in [-0.3, -0.25) is 4.98 Å². The topological polar surface area (TPSA) is 57.6 Å². The van der Waals surface area contributed by atoms with E-state index >= 15 is 0 Å². The number of hydrogen-bond donors (Lipinski definition) is 2. The van der Waals surface area contributed by atoms with Gasteiger partial charge in [-0.2, -0.15) is 0 Å². The number of fused-ring (bicyclic) bond motifs is 1. The van der Waals surface area contributed by atoms with Gasteiger partial charge in [0.15, 0.2) is 0 Å². The van der Waals surface area contributed by atoms with Crippen LogP contribution in [0.5, 0.6) is 5.75 Å². The van der Waals surface area contributed by atoms with Crippen molar-refractivity contribution >= 4 is 10.9 Å². The molecule has 1 fully saturated rings. The van der Waals surface area contributed by atoms with Crippen molar-refractivity contribution < 1.29 is 9.84 Å². The van der Waals surface area contributed by atoms with E-state index in [1.165, 1.54) is 0 Å². The first-order chi connectivity index (χ1) is 10.8. The van der Waals surface area contributed by atoms with Gasteiger partial charge < -0.3 is 20.1 Å². The molecular formula is C17H23N3O2. The molecule has 22 heavy (non-hydrogen) atoms.